The Morgan fingerprint density at radius 3 is 2.85 bits per heavy atom. The normalized spacial score (nSPS) is 19.4. The maximum atomic E-state index is 12.7. The Hall–Kier alpha value is -2.21. The molecule has 5 nitrogen and oxygen atoms in total. The Kier molecular flexibility index (Phi) is 5.53. The Bertz CT molecular complexity index is 812. The molecule has 1 aliphatic heterocycles. The van der Waals surface area contributed by atoms with Crippen LogP contribution in [0.2, 0.25) is 0 Å². The summed E-state index contributed by atoms with van der Waals surface area (Å²) in [7, 11) is 0. The van der Waals surface area contributed by atoms with E-state index in [9.17, 15) is 9.59 Å². The van der Waals surface area contributed by atoms with Crippen LogP contribution in [0.4, 0.5) is 0 Å². The van der Waals surface area contributed by atoms with Crippen molar-refractivity contribution in [3.8, 4) is 0 Å². The summed E-state index contributed by atoms with van der Waals surface area (Å²) >= 11 is 1.63. The predicted octanol–water partition coefficient (Wildman–Crippen LogP) is 3.19. The molecule has 1 fully saturated rings. The third-order valence-corrected chi connectivity index (χ3v) is 6.70. The van der Waals surface area contributed by atoms with Crippen molar-refractivity contribution >= 4 is 23.2 Å². The molecule has 1 aliphatic carbocycles. The van der Waals surface area contributed by atoms with E-state index < -0.39 is 0 Å². The molecule has 0 bridgehead atoms. The second-order valence-corrected chi connectivity index (χ2v) is 8.53. The van der Waals surface area contributed by atoms with Crippen LogP contribution < -0.4 is 5.32 Å². The van der Waals surface area contributed by atoms with E-state index in [2.05, 4.69) is 10.3 Å². The second kappa shape index (κ2) is 8.21. The number of nitrogens with one attached hydrogen (secondary N) is 1. The Labute approximate surface area is 163 Å². The van der Waals surface area contributed by atoms with Crippen molar-refractivity contribution in [1.29, 1.82) is 0 Å². The molecule has 2 amide bonds. The van der Waals surface area contributed by atoms with Crippen molar-refractivity contribution in [2.24, 2.45) is 5.92 Å². The van der Waals surface area contributed by atoms with Crippen molar-refractivity contribution in [2.75, 3.05) is 13.1 Å². The van der Waals surface area contributed by atoms with Gasteiger partial charge in [0.1, 0.15) is 0 Å². The van der Waals surface area contributed by atoms with Crippen molar-refractivity contribution in [3.05, 3.63) is 51.5 Å². The first-order chi connectivity index (χ1) is 13.2. The molecule has 142 valence electrons. The van der Waals surface area contributed by atoms with E-state index >= 15 is 0 Å². The lowest BCUT2D eigenvalue weighted by Crippen LogP contribution is -2.35. The first kappa shape index (κ1) is 18.2. The minimum absolute atomic E-state index is 0.0197. The Balaban J connectivity index is 1.37. The number of nitrogens with zero attached hydrogens (tertiary/aromatic N) is 2. The molecule has 4 rings (SSSR count). The summed E-state index contributed by atoms with van der Waals surface area (Å²) in [6.45, 7) is 2.21. The quantitative estimate of drug-likeness (QED) is 0.882. The number of rotatable bonds is 4. The lowest BCUT2D eigenvalue weighted by molar-refractivity contribution is -0.125. The van der Waals surface area contributed by atoms with Crippen LogP contribution >= 0.6 is 11.3 Å². The summed E-state index contributed by atoms with van der Waals surface area (Å²) in [6, 6.07) is 7.74. The van der Waals surface area contributed by atoms with E-state index in [0.717, 1.165) is 55.8 Å². The smallest absolute Gasteiger partial charge is 0.263 e. The number of thiophene rings is 1. The summed E-state index contributed by atoms with van der Waals surface area (Å²) in [6.07, 6.45) is 7.63. The van der Waals surface area contributed by atoms with Gasteiger partial charge in [-0.3, -0.25) is 14.6 Å². The molecule has 0 spiro atoms. The number of hydrogen-bond donors (Lipinski definition) is 1. The van der Waals surface area contributed by atoms with Crippen LogP contribution in [-0.2, 0) is 24.2 Å². The maximum Gasteiger partial charge on any atom is 0.263 e. The predicted molar refractivity (Wildman–Crippen MR) is 106 cm³/mol. The number of fused-ring (bicyclic) bond motifs is 1. The first-order valence-corrected chi connectivity index (χ1v) is 10.6. The van der Waals surface area contributed by atoms with E-state index in [4.69, 9.17) is 0 Å². The summed E-state index contributed by atoms with van der Waals surface area (Å²) in [5.41, 5.74) is 2.05. The minimum Gasteiger partial charge on any atom is -0.350 e. The van der Waals surface area contributed by atoms with E-state index in [1.165, 1.54) is 16.9 Å². The Morgan fingerprint density at radius 1 is 1.22 bits per heavy atom. The van der Waals surface area contributed by atoms with Gasteiger partial charge in [0.15, 0.2) is 0 Å². The molecule has 1 saturated heterocycles. The molecular weight excluding hydrogens is 358 g/mol. The largest absolute Gasteiger partial charge is 0.350 e. The number of carbonyl (C=O) groups excluding carboxylic acids is 2. The van der Waals surface area contributed by atoms with Gasteiger partial charge in [-0.1, -0.05) is 6.07 Å². The zero-order valence-electron chi connectivity index (χ0n) is 15.4. The lowest BCUT2D eigenvalue weighted by atomic mass is 9.87. The van der Waals surface area contributed by atoms with Gasteiger partial charge in [0.25, 0.3) is 5.91 Å². The highest BCUT2D eigenvalue weighted by atomic mass is 32.1. The van der Waals surface area contributed by atoms with E-state index in [1.54, 1.807) is 17.5 Å². The summed E-state index contributed by atoms with van der Waals surface area (Å²) in [4.78, 5) is 33.7. The SMILES string of the molecule is O=C(NCc1ccccn1)C1CCc2sc(C(=O)N3CCCCC3)cc2C1. The number of hydrogen-bond acceptors (Lipinski definition) is 4. The van der Waals surface area contributed by atoms with Gasteiger partial charge in [0.05, 0.1) is 17.1 Å². The number of aryl methyl sites for hydroxylation is 1. The fourth-order valence-corrected chi connectivity index (χ4v) is 5.11. The standard InChI is InChI=1S/C21H25N3O2S/c25-20(23-14-17-6-2-3-9-22-17)15-7-8-18-16(12-15)13-19(27-18)21(26)24-10-4-1-5-11-24/h2-3,6,9,13,15H,1,4-5,7-8,10-12,14H2,(H,23,25). The molecule has 2 aliphatic rings. The van der Waals surface area contributed by atoms with Crippen LogP contribution in [0.15, 0.2) is 30.5 Å². The molecule has 0 saturated carbocycles. The van der Waals surface area contributed by atoms with Crippen LogP contribution in [0.25, 0.3) is 0 Å². The van der Waals surface area contributed by atoms with Crippen molar-refractivity contribution in [3.63, 3.8) is 0 Å². The van der Waals surface area contributed by atoms with E-state index in [-0.39, 0.29) is 17.7 Å². The van der Waals surface area contributed by atoms with E-state index in [1.807, 2.05) is 29.2 Å². The topological polar surface area (TPSA) is 62.3 Å². The van der Waals surface area contributed by atoms with Gasteiger partial charge in [0, 0.05) is 30.1 Å². The van der Waals surface area contributed by atoms with Crippen LogP contribution in [-0.4, -0.2) is 34.8 Å². The second-order valence-electron chi connectivity index (χ2n) is 7.39. The zero-order chi connectivity index (χ0) is 18.6. The molecule has 1 atom stereocenters. The van der Waals surface area contributed by atoms with Crippen molar-refractivity contribution in [1.82, 2.24) is 15.2 Å². The first-order valence-electron chi connectivity index (χ1n) is 9.79. The number of piperidine rings is 1. The summed E-state index contributed by atoms with van der Waals surface area (Å²) < 4.78 is 0. The number of carbonyl (C=O) groups is 2. The average molecular weight is 384 g/mol. The Morgan fingerprint density at radius 2 is 2.07 bits per heavy atom. The third kappa shape index (κ3) is 4.21. The van der Waals surface area contributed by atoms with Crippen LogP contribution in [0, 0.1) is 5.92 Å². The molecular formula is C21H25N3O2S. The number of likely N-dealkylation sites (tertiary alicyclic amines) is 1. The number of pyridine rings is 1. The monoisotopic (exact) mass is 383 g/mol. The molecule has 1 N–H and O–H groups in total. The number of amides is 2. The zero-order valence-corrected chi connectivity index (χ0v) is 16.3. The summed E-state index contributed by atoms with van der Waals surface area (Å²) in [5, 5.41) is 3.01. The maximum absolute atomic E-state index is 12.7. The lowest BCUT2D eigenvalue weighted by Gasteiger charge is -2.26. The van der Waals surface area contributed by atoms with Crippen LogP contribution in [0.3, 0.4) is 0 Å². The van der Waals surface area contributed by atoms with Gasteiger partial charge in [-0.05, 0) is 62.3 Å². The third-order valence-electron chi connectivity index (χ3n) is 5.48. The fraction of sp³-hybridized carbons (Fsp3) is 0.476. The molecule has 3 heterocycles. The molecule has 0 radical (unpaired) electrons. The fourth-order valence-electron chi connectivity index (χ4n) is 3.93. The van der Waals surface area contributed by atoms with E-state index in [0.29, 0.717) is 6.54 Å². The van der Waals surface area contributed by atoms with Gasteiger partial charge in [-0.25, -0.2) is 0 Å². The van der Waals surface area contributed by atoms with Crippen LogP contribution in [0.1, 0.15) is 51.5 Å². The minimum atomic E-state index is -0.0197. The average Bonchev–Trinajstić information content (AvgIpc) is 3.16. The van der Waals surface area contributed by atoms with Gasteiger partial charge in [-0.15, -0.1) is 11.3 Å². The van der Waals surface area contributed by atoms with Gasteiger partial charge >= 0.3 is 0 Å². The van der Waals surface area contributed by atoms with Gasteiger partial charge in [0.2, 0.25) is 5.91 Å². The highest BCUT2D eigenvalue weighted by molar-refractivity contribution is 7.14. The van der Waals surface area contributed by atoms with Crippen molar-refractivity contribution < 1.29 is 9.59 Å². The number of aromatic nitrogens is 1. The van der Waals surface area contributed by atoms with Crippen molar-refractivity contribution in [2.45, 2.75) is 45.1 Å². The molecule has 1 unspecified atom stereocenters. The van der Waals surface area contributed by atoms with Crippen LogP contribution in [0.5, 0.6) is 0 Å². The van der Waals surface area contributed by atoms with Gasteiger partial charge < -0.3 is 10.2 Å². The molecule has 0 aromatic carbocycles. The molecule has 2 aromatic heterocycles. The van der Waals surface area contributed by atoms with Gasteiger partial charge in [-0.2, -0.15) is 0 Å². The molecule has 2 aromatic rings. The molecule has 27 heavy (non-hydrogen) atoms. The molecule has 6 heteroatoms. The highest BCUT2D eigenvalue weighted by Crippen LogP contribution is 2.33. The highest BCUT2D eigenvalue weighted by Gasteiger charge is 2.28. The summed E-state index contributed by atoms with van der Waals surface area (Å²) in [5.74, 6) is 0.236.